The Labute approximate surface area is 226 Å². The van der Waals surface area contributed by atoms with Crippen LogP contribution in [0.4, 0.5) is 15.9 Å². The number of ether oxygens (including phenoxy) is 1. The third kappa shape index (κ3) is 5.06. The Morgan fingerprint density at radius 2 is 2.08 bits per heavy atom. The van der Waals surface area contributed by atoms with Gasteiger partial charge >= 0.3 is 0 Å². The summed E-state index contributed by atoms with van der Waals surface area (Å²) < 4.78 is 22.5. The molecule has 10 heteroatoms. The smallest absolute Gasteiger partial charge is 0.254 e. The molecule has 38 heavy (non-hydrogen) atoms. The van der Waals surface area contributed by atoms with Crippen molar-refractivity contribution in [3.8, 4) is 0 Å². The fourth-order valence-corrected chi connectivity index (χ4v) is 5.34. The molecular weight excluding hydrogens is 507 g/mol. The SMILES string of the molecule is CCOC1C=CC(c2cnc3c(Nc4ccc(C(=O)N5CCC(CN)CC5)c(C)c4)nccn23)=C(F)C1Cl. The van der Waals surface area contributed by atoms with E-state index in [0.29, 0.717) is 47.4 Å². The number of amides is 1. The van der Waals surface area contributed by atoms with Gasteiger partial charge in [0.2, 0.25) is 0 Å². The van der Waals surface area contributed by atoms with Gasteiger partial charge in [0.15, 0.2) is 11.5 Å². The van der Waals surface area contributed by atoms with Gasteiger partial charge in [0.1, 0.15) is 11.2 Å². The van der Waals surface area contributed by atoms with Gasteiger partial charge in [-0.3, -0.25) is 9.20 Å². The van der Waals surface area contributed by atoms with E-state index in [0.717, 1.165) is 37.2 Å². The molecule has 1 aliphatic heterocycles. The number of halogens is 2. The first-order valence-corrected chi connectivity index (χ1v) is 13.4. The number of likely N-dealkylation sites (tertiary alicyclic amines) is 1. The summed E-state index contributed by atoms with van der Waals surface area (Å²) in [7, 11) is 0. The molecule has 3 N–H and O–H groups in total. The number of hydrogen-bond acceptors (Lipinski definition) is 6. The van der Waals surface area contributed by atoms with Gasteiger partial charge in [0, 0.05) is 48.9 Å². The number of aromatic nitrogens is 3. The van der Waals surface area contributed by atoms with Gasteiger partial charge in [0.05, 0.1) is 18.0 Å². The predicted molar refractivity (Wildman–Crippen MR) is 147 cm³/mol. The number of alkyl halides is 1. The minimum atomic E-state index is -0.906. The fraction of sp³-hybridized carbons (Fsp3) is 0.393. The Morgan fingerprint density at radius 3 is 2.79 bits per heavy atom. The summed E-state index contributed by atoms with van der Waals surface area (Å²) in [6, 6.07) is 5.63. The minimum Gasteiger partial charge on any atom is -0.372 e. The summed E-state index contributed by atoms with van der Waals surface area (Å²) in [5, 5.41) is 2.39. The molecule has 0 bridgehead atoms. The Balaban J connectivity index is 1.36. The van der Waals surface area contributed by atoms with Crippen LogP contribution in [0.5, 0.6) is 0 Å². The summed E-state index contributed by atoms with van der Waals surface area (Å²) in [4.78, 5) is 24.0. The third-order valence-electron chi connectivity index (χ3n) is 7.26. The monoisotopic (exact) mass is 538 g/mol. The average molecular weight is 539 g/mol. The number of hydrogen-bond donors (Lipinski definition) is 2. The lowest BCUT2D eigenvalue weighted by molar-refractivity contribution is 0.0692. The first-order chi connectivity index (χ1) is 18.4. The highest BCUT2D eigenvalue weighted by Gasteiger charge is 2.29. The second-order valence-electron chi connectivity index (χ2n) is 9.68. The normalized spacial score (nSPS) is 20.4. The number of piperidine rings is 1. The summed E-state index contributed by atoms with van der Waals surface area (Å²) >= 11 is 6.33. The Kier molecular flexibility index (Phi) is 7.78. The fourth-order valence-electron chi connectivity index (χ4n) is 5.07. The van der Waals surface area contributed by atoms with E-state index in [4.69, 9.17) is 22.1 Å². The standard InChI is InChI=1S/C28H32ClFN6O2/c1-3-38-23-7-6-21(25(30)24(23)29)22-16-33-27-26(32-10-13-36(22)27)34-19-4-5-20(17(2)14-19)28(37)35-11-8-18(15-31)9-12-35/h4-7,10,13-14,16,18,23-24H,3,8-9,11-12,15,31H2,1-2H3,(H,32,34). The molecule has 2 unspecified atom stereocenters. The molecule has 1 aromatic carbocycles. The number of carbonyl (C=O) groups excluding carboxylic acids is 1. The number of anilines is 2. The number of rotatable bonds is 7. The number of allylic oxidation sites excluding steroid dienone is 2. The van der Waals surface area contributed by atoms with Crippen molar-refractivity contribution in [1.82, 2.24) is 19.3 Å². The van der Waals surface area contributed by atoms with Gasteiger partial charge in [0.25, 0.3) is 5.91 Å². The molecule has 5 rings (SSSR count). The Hall–Kier alpha value is -3.27. The maximum absolute atomic E-state index is 15.2. The van der Waals surface area contributed by atoms with Crippen molar-refractivity contribution < 1.29 is 13.9 Å². The molecule has 0 saturated carbocycles. The van der Waals surface area contributed by atoms with Gasteiger partial charge in [-0.2, -0.15) is 0 Å². The topological polar surface area (TPSA) is 97.8 Å². The van der Waals surface area contributed by atoms with E-state index in [-0.39, 0.29) is 5.91 Å². The Morgan fingerprint density at radius 1 is 1.29 bits per heavy atom. The van der Waals surface area contributed by atoms with Crippen LogP contribution in [0.25, 0.3) is 11.2 Å². The zero-order chi connectivity index (χ0) is 26.8. The zero-order valence-electron chi connectivity index (χ0n) is 21.5. The predicted octanol–water partition coefficient (Wildman–Crippen LogP) is 4.86. The van der Waals surface area contributed by atoms with Crippen molar-refractivity contribution >= 4 is 40.2 Å². The van der Waals surface area contributed by atoms with E-state index in [1.54, 1.807) is 35.1 Å². The van der Waals surface area contributed by atoms with Gasteiger partial charge < -0.3 is 20.7 Å². The lowest BCUT2D eigenvalue weighted by Crippen LogP contribution is -2.40. The van der Waals surface area contributed by atoms with Crippen LogP contribution >= 0.6 is 11.6 Å². The maximum atomic E-state index is 15.2. The molecule has 0 spiro atoms. The molecule has 1 fully saturated rings. The molecule has 8 nitrogen and oxygen atoms in total. The first-order valence-electron chi connectivity index (χ1n) is 12.9. The van der Waals surface area contributed by atoms with Gasteiger partial charge in [-0.1, -0.05) is 12.2 Å². The molecule has 2 aromatic heterocycles. The summed E-state index contributed by atoms with van der Waals surface area (Å²) in [5.74, 6) is 0.596. The number of benzene rings is 1. The van der Waals surface area contributed by atoms with Gasteiger partial charge in [-0.25, -0.2) is 14.4 Å². The molecule has 1 saturated heterocycles. The molecule has 2 aliphatic rings. The lowest BCUT2D eigenvalue weighted by Gasteiger charge is -2.31. The van der Waals surface area contributed by atoms with E-state index >= 15 is 4.39 Å². The number of fused-ring (bicyclic) bond motifs is 1. The maximum Gasteiger partial charge on any atom is 0.254 e. The highest BCUT2D eigenvalue weighted by molar-refractivity contribution is 6.23. The average Bonchev–Trinajstić information content (AvgIpc) is 3.36. The van der Waals surface area contributed by atoms with Crippen LogP contribution in [0.15, 0.2) is 54.8 Å². The van der Waals surface area contributed by atoms with Gasteiger partial charge in [-0.05, 0) is 62.9 Å². The van der Waals surface area contributed by atoms with Crippen LogP contribution in [0, 0.1) is 12.8 Å². The molecule has 200 valence electrons. The molecule has 1 aliphatic carbocycles. The number of imidazole rings is 1. The molecule has 1 amide bonds. The van der Waals surface area contributed by atoms with Crippen molar-refractivity contribution in [3.05, 3.63) is 71.6 Å². The highest BCUT2D eigenvalue weighted by atomic mass is 35.5. The third-order valence-corrected chi connectivity index (χ3v) is 7.70. The van der Waals surface area contributed by atoms with E-state index in [9.17, 15) is 4.79 Å². The molecule has 0 radical (unpaired) electrons. The van der Waals surface area contributed by atoms with Crippen LogP contribution in [0.2, 0.25) is 0 Å². The zero-order valence-corrected chi connectivity index (χ0v) is 22.3. The van der Waals surface area contributed by atoms with Crippen molar-refractivity contribution in [3.63, 3.8) is 0 Å². The van der Waals surface area contributed by atoms with Crippen LogP contribution in [0.3, 0.4) is 0 Å². The molecule has 2 atom stereocenters. The second-order valence-corrected chi connectivity index (χ2v) is 10.2. The summed E-state index contributed by atoms with van der Waals surface area (Å²) in [5.41, 5.74) is 9.58. The molecular formula is C28H32ClFN6O2. The molecule has 3 heterocycles. The minimum absolute atomic E-state index is 0.0441. The summed E-state index contributed by atoms with van der Waals surface area (Å²) in [6.45, 7) is 6.36. The van der Waals surface area contributed by atoms with E-state index in [1.807, 2.05) is 36.9 Å². The van der Waals surface area contributed by atoms with Crippen LogP contribution in [0.1, 0.15) is 41.4 Å². The number of aryl methyl sites for hydroxylation is 1. The number of nitrogens with zero attached hydrogens (tertiary/aromatic N) is 4. The van der Waals surface area contributed by atoms with Crippen LogP contribution in [-0.4, -0.2) is 62.9 Å². The van der Waals surface area contributed by atoms with E-state index in [2.05, 4.69) is 15.3 Å². The molecule has 3 aromatic rings. The number of nitrogens with two attached hydrogens (primary N) is 1. The van der Waals surface area contributed by atoms with Crippen LogP contribution < -0.4 is 11.1 Å². The second kappa shape index (κ2) is 11.2. The van der Waals surface area contributed by atoms with Crippen molar-refractivity contribution in [2.24, 2.45) is 11.7 Å². The summed E-state index contributed by atoms with van der Waals surface area (Å²) in [6.07, 6.45) is 9.79. The van der Waals surface area contributed by atoms with Crippen molar-refractivity contribution in [1.29, 1.82) is 0 Å². The van der Waals surface area contributed by atoms with Crippen LogP contribution in [-0.2, 0) is 4.74 Å². The lowest BCUT2D eigenvalue weighted by atomic mass is 9.96. The quantitative estimate of drug-likeness (QED) is 0.417. The van der Waals surface area contributed by atoms with E-state index < -0.39 is 17.3 Å². The van der Waals surface area contributed by atoms with E-state index in [1.165, 1.54) is 0 Å². The number of carbonyl (C=O) groups is 1. The van der Waals surface area contributed by atoms with Crippen molar-refractivity contribution in [2.45, 2.75) is 38.2 Å². The Bertz CT molecular complexity index is 1400. The first kappa shape index (κ1) is 26.3. The van der Waals surface area contributed by atoms with Crippen molar-refractivity contribution in [2.75, 3.05) is 31.6 Å². The largest absolute Gasteiger partial charge is 0.372 e. The van der Waals surface area contributed by atoms with Gasteiger partial charge in [-0.15, -0.1) is 11.6 Å². The highest BCUT2D eigenvalue weighted by Crippen LogP contribution is 2.34. The number of nitrogens with one attached hydrogen (secondary N) is 1.